The van der Waals surface area contributed by atoms with Crippen molar-refractivity contribution < 1.29 is 9.59 Å². The number of rotatable bonds is 6. The molecule has 1 N–H and O–H groups in total. The molecular formula is C17H15Br2NO2. The summed E-state index contributed by atoms with van der Waals surface area (Å²) >= 11 is 6.63. The molecule has 0 radical (unpaired) electrons. The van der Waals surface area contributed by atoms with E-state index in [2.05, 4.69) is 37.2 Å². The molecule has 2 rings (SSSR count). The minimum Gasteiger partial charge on any atom is -0.352 e. The molecule has 1 atom stereocenters. The molecule has 0 aliphatic carbocycles. The number of alkyl halides is 1. The van der Waals surface area contributed by atoms with Gasteiger partial charge in [0.1, 0.15) is 0 Å². The fraction of sp³-hybridized carbons (Fsp3) is 0.176. The van der Waals surface area contributed by atoms with Crippen molar-refractivity contribution in [1.29, 1.82) is 0 Å². The first kappa shape index (κ1) is 16.9. The van der Waals surface area contributed by atoms with E-state index in [0.29, 0.717) is 12.1 Å². The number of hydrogen-bond donors (Lipinski definition) is 1. The second-order valence-electron chi connectivity index (χ2n) is 4.81. The summed E-state index contributed by atoms with van der Waals surface area (Å²) in [5.41, 5.74) is 1.61. The predicted molar refractivity (Wildman–Crippen MR) is 94.1 cm³/mol. The van der Waals surface area contributed by atoms with Gasteiger partial charge in [-0.05, 0) is 17.7 Å². The number of ketones is 1. The number of hydrogen-bond acceptors (Lipinski definition) is 2. The maximum Gasteiger partial charge on any atom is 0.221 e. The minimum atomic E-state index is -0.524. The third-order valence-electron chi connectivity index (χ3n) is 3.11. The van der Waals surface area contributed by atoms with Crippen LogP contribution in [0.4, 0.5) is 0 Å². The number of benzene rings is 2. The predicted octanol–water partition coefficient (Wildman–Crippen LogP) is 4.10. The summed E-state index contributed by atoms with van der Waals surface area (Å²) in [4.78, 5) is 23.6. The minimum absolute atomic E-state index is 0.0950. The Balaban J connectivity index is 1.85. The van der Waals surface area contributed by atoms with Gasteiger partial charge in [-0.2, -0.15) is 0 Å². The van der Waals surface area contributed by atoms with Crippen molar-refractivity contribution >= 4 is 43.6 Å². The van der Waals surface area contributed by atoms with Crippen molar-refractivity contribution in [2.45, 2.75) is 17.8 Å². The van der Waals surface area contributed by atoms with E-state index in [1.165, 1.54) is 0 Å². The molecule has 1 amide bonds. The van der Waals surface area contributed by atoms with Crippen molar-refractivity contribution in [2.24, 2.45) is 0 Å². The number of carbonyl (C=O) groups is 2. The van der Waals surface area contributed by atoms with E-state index in [1.54, 1.807) is 12.1 Å². The van der Waals surface area contributed by atoms with E-state index in [9.17, 15) is 9.59 Å². The zero-order valence-electron chi connectivity index (χ0n) is 11.8. The lowest BCUT2D eigenvalue weighted by Gasteiger charge is -2.10. The molecule has 0 heterocycles. The Morgan fingerprint density at radius 1 is 1.00 bits per heavy atom. The Bertz CT molecular complexity index is 641. The highest BCUT2D eigenvalue weighted by atomic mass is 79.9. The SMILES string of the molecule is O=C(CC(Br)C(=O)c1ccc(Br)cc1)NCc1ccccc1. The van der Waals surface area contributed by atoms with E-state index >= 15 is 0 Å². The molecule has 1 unspecified atom stereocenters. The number of amides is 1. The van der Waals surface area contributed by atoms with Gasteiger partial charge in [0.15, 0.2) is 5.78 Å². The number of halogens is 2. The Hall–Kier alpha value is -1.46. The fourth-order valence-corrected chi connectivity index (χ4v) is 2.74. The molecule has 0 saturated carbocycles. The summed E-state index contributed by atoms with van der Waals surface area (Å²) in [7, 11) is 0. The topological polar surface area (TPSA) is 46.2 Å². The maximum atomic E-state index is 12.2. The Labute approximate surface area is 146 Å². The molecule has 0 aliphatic heterocycles. The van der Waals surface area contributed by atoms with Gasteiger partial charge in [-0.3, -0.25) is 9.59 Å². The number of Topliss-reactive ketones (excluding diaryl/α,β-unsaturated/α-hetero) is 1. The van der Waals surface area contributed by atoms with Gasteiger partial charge >= 0.3 is 0 Å². The van der Waals surface area contributed by atoms with Gasteiger partial charge in [0.2, 0.25) is 5.91 Å². The van der Waals surface area contributed by atoms with Crippen molar-refractivity contribution in [3.63, 3.8) is 0 Å². The van der Waals surface area contributed by atoms with E-state index in [0.717, 1.165) is 10.0 Å². The van der Waals surface area contributed by atoms with Crippen molar-refractivity contribution in [3.8, 4) is 0 Å². The van der Waals surface area contributed by atoms with Crippen LogP contribution in [0.25, 0.3) is 0 Å². The molecule has 3 nitrogen and oxygen atoms in total. The molecule has 0 fully saturated rings. The summed E-state index contributed by atoms with van der Waals surface area (Å²) in [6.07, 6.45) is 0.113. The zero-order chi connectivity index (χ0) is 15.9. The van der Waals surface area contributed by atoms with Gasteiger partial charge in [0.05, 0.1) is 4.83 Å². The Morgan fingerprint density at radius 2 is 1.64 bits per heavy atom. The molecular weight excluding hydrogens is 410 g/mol. The smallest absolute Gasteiger partial charge is 0.221 e. The summed E-state index contributed by atoms with van der Waals surface area (Å²) < 4.78 is 0.913. The zero-order valence-corrected chi connectivity index (χ0v) is 14.9. The van der Waals surface area contributed by atoms with Crippen LogP contribution in [-0.2, 0) is 11.3 Å². The van der Waals surface area contributed by atoms with Crippen LogP contribution in [0, 0.1) is 0 Å². The van der Waals surface area contributed by atoms with Crippen LogP contribution in [0.1, 0.15) is 22.3 Å². The maximum absolute atomic E-state index is 12.2. The quantitative estimate of drug-likeness (QED) is 0.560. The molecule has 22 heavy (non-hydrogen) atoms. The second-order valence-corrected chi connectivity index (χ2v) is 6.83. The fourth-order valence-electron chi connectivity index (χ4n) is 1.92. The monoisotopic (exact) mass is 423 g/mol. The van der Waals surface area contributed by atoms with E-state index in [1.807, 2.05) is 42.5 Å². The van der Waals surface area contributed by atoms with Gasteiger partial charge in [-0.1, -0.05) is 74.3 Å². The molecule has 0 saturated heterocycles. The highest BCUT2D eigenvalue weighted by molar-refractivity contribution is 9.10. The molecule has 114 valence electrons. The van der Waals surface area contributed by atoms with Crippen LogP contribution in [0.15, 0.2) is 59.1 Å². The molecule has 5 heteroatoms. The average molecular weight is 425 g/mol. The Morgan fingerprint density at radius 3 is 2.27 bits per heavy atom. The molecule has 2 aromatic carbocycles. The summed E-state index contributed by atoms with van der Waals surface area (Å²) in [5, 5.41) is 2.82. The van der Waals surface area contributed by atoms with Crippen LogP contribution in [0.5, 0.6) is 0 Å². The van der Waals surface area contributed by atoms with Gasteiger partial charge in [-0.25, -0.2) is 0 Å². The lowest BCUT2D eigenvalue weighted by molar-refractivity contribution is -0.121. The van der Waals surface area contributed by atoms with Crippen LogP contribution < -0.4 is 5.32 Å². The first-order valence-corrected chi connectivity index (χ1v) is 8.51. The van der Waals surface area contributed by atoms with Gasteiger partial charge < -0.3 is 5.32 Å². The van der Waals surface area contributed by atoms with Gasteiger partial charge in [0.25, 0.3) is 0 Å². The first-order valence-electron chi connectivity index (χ1n) is 6.81. The number of nitrogens with one attached hydrogen (secondary N) is 1. The highest BCUT2D eigenvalue weighted by Crippen LogP contribution is 2.16. The number of carbonyl (C=O) groups excluding carboxylic acids is 2. The largest absolute Gasteiger partial charge is 0.352 e. The molecule has 0 aromatic heterocycles. The third-order valence-corrected chi connectivity index (χ3v) is 4.38. The van der Waals surface area contributed by atoms with Crippen LogP contribution >= 0.6 is 31.9 Å². The standard InChI is InChI=1S/C17H15Br2NO2/c18-14-8-6-13(7-9-14)17(22)15(19)10-16(21)20-11-12-4-2-1-3-5-12/h1-9,15H,10-11H2,(H,20,21). The van der Waals surface area contributed by atoms with Crippen LogP contribution in [-0.4, -0.2) is 16.5 Å². The molecule has 0 aliphatic rings. The van der Waals surface area contributed by atoms with Crippen LogP contribution in [0.3, 0.4) is 0 Å². The van der Waals surface area contributed by atoms with Crippen molar-refractivity contribution in [1.82, 2.24) is 5.32 Å². The van der Waals surface area contributed by atoms with Crippen molar-refractivity contribution in [3.05, 3.63) is 70.2 Å². The highest BCUT2D eigenvalue weighted by Gasteiger charge is 2.20. The normalized spacial score (nSPS) is 11.7. The van der Waals surface area contributed by atoms with Crippen LogP contribution in [0.2, 0.25) is 0 Å². The van der Waals surface area contributed by atoms with Gasteiger partial charge in [-0.15, -0.1) is 0 Å². The lowest BCUT2D eigenvalue weighted by Crippen LogP contribution is -2.28. The third kappa shape index (κ3) is 5.07. The van der Waals surface area contributed by atoms with E-state index in [-0.39, 0.29) is 18.1 Å². The molecule has 2 aromatic rings. The van der Waals surface area contributed by atoms with E-state index < -0.39 is 4.83 Å². The van der Waals surface area contributed by atoms with Gasteiger partial charge in [0, 0.05) is 23.0 Å². The summed E-state index contributed by atoms with van der Waals surface area (Å²) in [6, 6.07) is 16.8. The lowest BCUT2D eigenvalue weighted by atomic mass is 10.1. The molecule has 0 spiro atoms. The molecule has 0 bridgehead atoms. The average Bonchev–Trinajstić information content (AvgIpc) is 2.54. The van der Waals surface area contributed by atoms with Crippen molar-refractivity contribution in [2.75, 3.05) is 0 Å². The summed E-state index contributed by atoms with van der Waals surface area (Å²) in [5.74, 6) is -0.251. The first-order chi connectivity index (χ1) is 10.6. The summed E-state index contributed by atoms with van der Waals surface area (Å²) in [6.45, 7) is 0.464. The Kier molecular flexibility index (Phi) is 6.34. The van der Waals surface area contributed by atoms with E-state index in [4.69, 9.17) is 0 Å². The second kappa shape index (κ2) is 8.25.